The first kappa shape index (κ1) is 11.2. The van der Waals surface area contributed by atoms with E-state index in [4.69, 9.17) is 5.11 Å². The quantitative estimate of drug-likeness (QED) is 0.737. The Morgan fingerprint density at radius 3 is 2.93 bits per heavy atom. The molecule has 15 heavy (non-hydrogen) atoms. The van der Waals surface area contributed by atoms with Crippen LogP contribution in [0, 0.1) is 6.92 Å². The number of carboxylic acid groups (broad SMARTS) is 1. The Bertz CT molecular complexity index is 460. The molecule has 1 N–H and O–H groups in total. The van der Waals surface area contributed by atoms with Crippen molar-refractivity contribution in [2.24, 2.45) is 0 Å². The van der Waals surface area contributed by atoms with Gasteiger partial charge in [-0.3, -0.25) is 4.57 Å². The van der Waals surface area contributed by atoms with Crippen molar-refractivity contribution >= 4 is 5.97 Å². The number of aryl methyl sites for hydroxylation is 1. The lowest BCUT2D eigenvalue weighted by molar-refractivity contribution is -0.132. The van der Waals surface area contributed by atoms with Gasteiger partial charge in [0.25, 0.3) is 0 Å². The predicted octanol–water partition coefficient (Wildman–Crippen LogP) is 0.583. The number of carbonyl (C=O) groups is 1. The van der Waals surface area contributed by atoms with Gasteiger partial charge in [0.15, 0.2) is 0 Å². The summed E-state index contributed by atoms with van der Waals surface area (Å²) in [5, 5.41) is 8.61. The first-order valence-electron chi connectivity index (χ1n) is 4.44. The molecule has 0 aliphatic heterocycles. The highest BCUT2D eigenvalue weighted by atomic mass is 16.4. The van der Waals surface area contributed by atoms with E-state index in [9.17, 15) is 9.59 Å². The molecule has 1 aromatic heterocycles. The summed E-state index contributed by atoms with van der Waals surface area (Å²) in [5.74, 6) is -0.983. The standard InChI is InChI=1S/C10H12N2O3/c1-7-5-11-10(15)12(6-7)4-3-8(2)9(13)14/h3,5-6H,4H2,1-2H3,(H,13,14). The van der Waals surface area contributed by atoms with E-state index in [1.54, 1.807) is 6.20 Å². The van der Waals surface area contributed by atoms with Gasteiger partial charge in [0.1, 0.15) is 0 Å². The van der Waals surface area contributed by atoms with Crippen molar-refractivity contribution in [2.75, 3.05) is 0 Å². The summed E-state index contributed by atoms with van der Waals surface area (Å²) in [4.78, 5) is 25.4. The average molecular weight is 208 g/mol. The van der Waals surface area contributed by atoms with Crippen molar-refractivity contribution in [2.45, 2.75) is 20.4 Å². The zero-order valence-electron chi connectivity index (χ0n) is 8.60. The Morgan fingerprint density at radius 2 is 2.33 bits per heavy atom. The molecule has 0 unspecified atom stereocenters. The van der Waals surface area contributed by atoms with E-state index >= 15 is 0 Å². The predicted molar refractivity (Wildman–Crippen MR) is 54.6 cm³/mol. The second-order valence-electron chi connectivity index (χ2n) is 3.26. The van der Waals surface area contributed by atoms with Crippen molar-refractivity contribution in [3.63, 3.8) is 0 Å². The van der Waals surface area contributed by atoms with Crippen LogP contribution in [0.4, 0.5) is 0 Å². The molecule has 1 aromatic rings. The van der Waals surface area contributed by atoms with Gasteiger partial charge in [-0.2, -0.15) is 0 Å². The third-order valence-electron chi connectivity index (χ3n) is 1.92. The molecule has 5 heteroatoms. The van der Waals surface area contributed by atoms with Crippen LogP contribution in [0.25, 0.3) is 0 Å². The van der Waals surface area contributed by atoms with Crippen molar-refractivity contribution in [1.29, 1.82) is 0 Å². The van der Waals surface area contributed by atoms with E-state index < -0.39 is 5.97 Å². The van der Waals surface area contributed by atoms with Crippen molar-refractivity contribution < 1.29 is 9.90 Å². The SMILES string of the molecule is CC(=CCn1cc(C)cnc1=O)C(=O)O. The van der Waals surface area contributed by atoms with Crippen molar-refractivity contribution in [1.82, 2.24) is 9.55 Å². The van der Waals surface area contributed by atoms with Gasteiger partial charge in [-0.15, -0.1) is 0 Å². The monoisotopic (exact) mass is 208 g/mol. The maximum absolute atomic E-state index is 11.2. The molecule has 0 saturated carbocycles. The van der Waals surface area contributed by atoms with Gasteiger partial charge in [-0.25, -0.2) is 14.6 Å². The molecular weight excluding hydrogens is 196 g/mol. The van der Waals surface area contributed by atoms with E-state index in [1.807, 2.05) is 6.92 Å². The van der Waals surface area contributed by atoms with E-state index in [-0.39, 0.29) is 17.8 Å². The lowest BCUT2D eigenvalue weighted by Gasteiger charge is -2.01. The zero-order chi connectivity index (χ0) is 11.4. The van der Waals surface area contributed by atoms with Gasteiger partial charge < -0.3 is 5.11 Å². The fourth-order valence-electron chi connectivity index (χ4n) is 1.02. The third kappa shape index (κ3) is 3.05. The molecule has 0 spiro atoms. The smallest absolute Gasteiger partial charge is 0.347 e. The summed E-state index contributed by atoms with van der Waals surface area (Å²) in [6.07, 6.45) is 4.60. The fourth-order valence-corrected chi connectivity index (χ4v) is 1.02. The van der Waals surface area contributed by atoms with Crippen LogP contribution in [0.2, 0.25) is 0 Å². The number of nitrogens with zero attached hydrogens (tertiary/aromatic N) is 2. The normalized spacial score (nSPS) is 11.5. The first-order chi connectivity index (χ1) is 7.00. The highest BCUT2D eigenvalue weighted by molar-refractivity contribution is 5.85. The summed E-state index contributed by atoms with van der Waals surface area (Å²) in [7, 11) is 0. The van der Waals surface area contributed by atoms with Gasteiger partial charge in [-0.05, 0) is 19.4 Å². The van der Waals surface area contributed by atoms with Crippen LogP contribution >= 0.6 is 0 Å². The maximum Gasteiger partial charge on any atom is 0.347 e. The molecule has 0 aliphatic rings. The van der Waals surface area contributed by atoms with Gasteiger partial charge in [-0.1, -0.05) is 6.08 Å². The molecule has 0 aliphatic carbocycles. The molecule has 80 valence electrons. The van der Waals surface area contributed by atoms with Gasteiger partial charge in [0.05, 0.1) is 0 Å². The van der Waals surface area contributed by atoms with Crippen molar-refractivity contribution in [3.8, 4) is 0 Å². The molecule has 0 fully saturated rings. The minimum Gasteiger partial charge on any atom is -0.478 e. The van der Waals surface area contributed by atoms with E-state index in [2.05, 4.69) is 4.98 Å². The Labute approximate surface area is 86.7 Å². The number of hydrogen-bond acceptors (Lipinski definition) is 3. The van der Waals surface area contributed by atoms with Crippen LogP contribution in [0.3, 0.4) is 0 Å². The highest BCUT2D eigenvalue weighted by Crippen LogP contribution is 1.95. The minimum atomic E-state index is -0.983. The lowest BCUT2D eigenvalue weighted by atomic mass is 10.3. The Morgan fingerprint density at radius 1 is 1.67 bits per heavy atom. The summed E-state index contributed by atoms with van der Waals surface area (Å²) < 4.78 is 1.36. The Balaban J connectivity index is 2.91. The molecule has 0 aromatic carbocycles. The van der Waals surface area contributed by atoms with Crippen LogP contribution < -0.4 is 5.69 Å². The number of aliphatic carboxylic acids is 1. The molecule has 5 nitrogen and oxygen atoms in total. The highest BCUT2D eigenvalue weighted by Gasteiger charge is 2.00. The minimum absolute atomic E-state index is 0.211. The van der Waals surface area contributed by atoms with Gasteiger partial charge in [0, 0.05) is 24.5 Å². The molecule has 0 radical (unpaired) electrons. The number of rotatable bonds is 3. The molecule has 0 atom stereocenters. The van der Waals surface area contributed by atoms with Crippen LogP contribution in [-0.2, 0) is 11.3 Å². The summed E-state index contributed by atoms with van der Waals surface area (Å²) in [6, 6.07) is 0. The molecule has 0 bridgehead atoms. The first-order valence-corrected chi connectivity index (χ1v) is 4.44. The Kier molecular flexibility index (Phi) is 3.38. The summed E-state index contributed by atoms with van der Waals surface area (Å²) >= 11 is 0. The number of hydrogen-bond donors (Lipinski definition) is 1. The zero-order valence-corrected chi connectivity index (χ0v) is 8.60. The third-order valence-corrected chi connectivity index (χ3v) is 1.92. The molecule has 0 amide bonds. The average Bonchev–Trinajstić information content (AvgIpc) is 2.18. The van der Waals surface area contributed by atoms with Crippen LogP contribution in [0.1, 0.15) is 12.5 Å². The number of carboxylic acids is 1. The topological polar surface area (TPSA) is 72.2 Å². The number of allylic oxidation sites excluding steroid dienone is 1. The second kappa shape index (κ2) is 4.54. The second-order valence-corrected chi connectivity index (χ2v) is 3.26. The largest absolute Gasteiger partial charge is 0.478 e. The summed E-state index contributed by atoms with van der Waals surface area (Å²) in [5.41, 5.74) is 0.689. The Hall–Kier alpha value is -1.91. The molecule has 1 heterocycles. The maximum atomic E-state index is 11.2. The van der Waals surface area contributed by atoms with E-state index in [0.29, 0.717) is 0 Å². The van der Waals surface area contributed by atoms with Crippen molar-refractivity contribution in [3.05, 3.63) is 40.1 Å². The van der Waals surface area contributed by atoms with E-state index in [1.165, 1.54) is 23.8 Å². The van der Waals surface area contributed by atoms with Crippen LogP contribution in [0.5, 0.6) is 0 Å². The van der Waals surface area contributed by atoms with Crippen LogP contribution in [-0.4, -0.2) is 20.6 Å². The van der Waals surface area contributed by atoms with Gasteiger partial charge >= 0.3 is 11.7 Å². The number of aromatic nitrogens is 2. The van der Waals surface area contributed by atoms with Gasteiger partial charge in [0.2, 0.25) is 0 Å². The lowest BCUT2D eigenvalue weighted by Crippen LogP contribution is -2.22. The van der Waals surface area contributed by atoms with E-state index in [0.717, 1.165) is 5.56 Å². The molecular formula is C10H12N2O3. The molecule has 1 rings (SSSR count). The molecule has 0 saturated heterocycles. The fraction of sp³-hybridized carbons (Fsp3) is 0.300. The van der Waals surface area contributed by atoms with Crippen LogP contribution in [0.15, 0.2) is 28.8 Å². The summed E-state index contributed by atoms with van der Waals surface area (Å²) in [6.45, 7) is 3.53.